The molecule has 2 heterocycles. The van der Waals surface area contributed by atoms with E-state index in [9.17, 15) is 26.3 Å². The second-order valence-corrected chi connectivity index (χ2v) is 6.71. The summed E-state index contributed by atoms with van der Waals surface area (Å²) in [5.74, 6) is 0.296. The summed E-state index contributed by atoms with van der Waals surface area (Å²) < 4.78 is 77.0. The van der Waals surface area contributed by atoms with E-state index in [-0.39, 0.29) is 17.4 Å². The summed E-state index contributed by atoms with van der Waals surface area (Å²) in [6, 6.07) is 4.70. The van der Waals surface area contributed by atoms with Crippen molar-refractivity contribution in [2.24, 2.45) is 0 Å². The zero-order valence-electron chi connectivity index (χ0n) is 13.7. The number of halogens is 6. The van der Waals surface area contributed by atoms with Crippen LogP contribution in [0.3, 0.4) is 0 Å². The molecule has 27 heavy (non-hydrogen) atoms. The van der Waals surface area contributed by atoms with Crippen LogP contribution in [0.15, 0.2) is 47.8 Å². The summed E-state index contributed by atoms with van der Waals surface area (Å²) in [4.78, 5) is 1.53. The third-order valence-electron chi connectivity index (χ3n) is 3.61. The Bertz CT molecular complexity index is 897. The standard InChI is InChI=1S/C16H12F6N4S/c1-9-5-6-12(23-14-25-24-13(27-14)16(20,21)22)26(8-9)11-4-2-3-10(7-11)15(17,18)19/h2-7H,8H2,1H3,(H,23,25). The van der Waals surface area contributed by atoms with Crippen LogP contribution in [0.5, 0.6) is 0 Å². The molecule has 0 atom stereocenters. The number of anilines is 2. The maximum absolute atomic E-state index is 13.0. The molecule has 0 amide bonds. The molecule has 3 rings (SSSR count). The number of alkyl halides is 6. The van der Waals surface area contributed by atoms with Crippen LogP contribution in [0, 0.1) is 0 Å². The average Bonchev–Trinajstić information content (AvgIpc) is 3.05. The minimum Gasteiger partial charge on any atom is -0.324 e. The molecule has 1 aliphatic rings. The molecule has 1 aromatic heterocycles. The molecular formula is C16H12F6N4S. The smallest absolute Gasteiger partial charge is 0.324 e. The van der Waals surface area contributed by atoms with Gasteiger partial charge in [0, 0.05) is 12.2 Å². The molecular weight excluding hydrogens is 394 g/mol. The van der Waals surface area contributed by atoms with E-state index < -0.39 is 22.9 Å². The highest BCUT2D eigenvalue weighted by Crippen LogP contribution is 2.36. The Balaban J connectivity index is 1.90. The molecule has 1 aromatic carbocycles. The molecule has 1 N–H and O–H groups in total. The molecule has 0 saturated carbocycles. The Morgan fingerprint density at radius 3 is 2.41 bits per heavy atom. The highest BCUT2D eigenvalue weighted by molar-refractivity contribution is 7.15. The summed E-state index contributed by atoms with van der Waals surface area (Å²) in [5.41, 5.74) is 0.296. The van der Waals surface area contributed by atoms with Crippen molar-refractivity contribution in [1.82, 2.24) is 10.2 Å². The van der Waals surface area contributed by atoms with Crippen LogP contribution in [0.4, 0.5) is 37.2 Å². The van der Waals surface area contributed by atoms with Crippen molar-refractivity contribution in [2.75, 3.05) is 16.8 Å². The maximum Gasteiger partial charge on any atom is 0.445 e. The highest BCUT2D eigenvalue weighted by atomic mass is 32.1. The van der Waals surface area contributed by atoms with Gasteiger partial charge in [-0.05, 0) is 31.2 Å². The molecule has 0 radical (unpaired) electrons. The van der Waals surface area contributed by atoms with Crippen LogP contribution in [-0.2, 0) is 12.4 Å². The second kappa shape index (κ2) is 6.87. The maximum atomic E-state index is 13.0. The third kappa shape index (κ3) is 4.41. The van der Waals surface area contributed by atoms with Crippen molar-refractivity contribution in [1.29, 1.82) is 0 Å². The minimum atomic E-state index is -4.62. The zero-order valence-corrected chi connectivity index (χ0v) is 14.5. The molecule has 0 saturated heterocycles. The van der Waals surface area contributed by atoms with E-state index in [4.69, 9.17) is 0 Å². The predicted molar refractivity (Wildman–Crippen MR) is 89.2 cm³/mol. The normalized spacial score (nSPS) is 15.4. The summed E-state index contributed by atoms with van der Waals surface area (Å²) in [7, 11) is 0. The highest BCUT2D eigenvalue weighted by Gasteiger charge is 2.36. The Labute approximate surface area is 153 Å². The molecule has 0 fully saturated rings. The van der Waals surface area contributed by atoms with Gasteiger partial charge in [-0.1, -0.05) is 29.1 Å². The molecule has 0 unspecified atom stereocenters. The van der Waals surface area contributed by atoms with Crippen LogP contribution in [0.2, 0.25) is 0 Å². The van der Waals surface area contributed by atoms with Gasteiger partial charge in [0.15, 0.2) is 0 Å². The lowest BCUT2D eigenvalue weighted by Crippen LogP contribution is -2.31. The lowest BCUT2D eigenvalue weighted by Gasteiger charge is -2.30. The van der Waals surface area contributed by atoms with Crippen molar-refractivity contribution in [3.8, 4) is 0 Å². The Kier molecular flexibility index (Phi) is 4.89. The van der Waals surface area contributed by atoms with Gasteiger partial charge in [0.05, 0.1) is 5.56 Å². The van der Waals surface area contributed by atoms with Gasteiger partial charge in [0.25, 0.3) is 0 Å². The largest absolute Gasteiger partial charge is 0.445 e. The first-order valence-corrected chi connectivity index (χ1v) is 8.35. The topological polar surface area (TPSA) is 41.1 Å². The number of rotatable bonds is 3. The number of aromatic nitrogens is 2. The van der Waals surface area contributed by atoms with E-state index >= 15 is 0 Å². The summed E-state index contributed by atoms with van der Waals surface area (Å²) in [6.07, 6.45) is -5.84. The van der Waals surface area contributed by atoms with Gasteiger partial charge in [-0.15, -0.1) is 10.2 Å². The lowest BCUT2D eigenvalue weighted by molar-refractivity contribution is -0.138. The van der Waals surface area contributed by atoms with Gasteiger partial charge in [-0.2, -0.15) is 26.3 Å². The molecule has 0 aliphatic carbocycles. The number of benzene rings is 1. The molecule has 1 aliphatic heterocycles. The number of nitrogens with zero attached hydrogens (tertiary/aromatic N) is 3. The fourth-order valence-electron chi connectivity index (χ4n) is 2.39. The first kappa shape index (κ1) is 19.2. The van der Waals surface area contributed by atoms with Gasteiger partial charge in [-0.3, -0.25) is 0 Å². The molecule has 11 heteroatoms. The molecule has 144 valence electrons. The average molecular weight is 406 g/mol. The zero-order chi connectivity index (χ0) is 19.8. The van der Waals surface area contributed by atoms with E-state index in [1.54, 1.807) is 19.1 Å². The fourth-order valence-corrected chi connectivity index (χ4v) is 3.00. The monoisotopic (exact) mass is 406 g/mol. The van der Waals surface area contributed by atoms with Crippen molar-refractivity contribution >= 4 is 22.2 Å². The van der Waals surface area contributed by atoms with Crippen LogP contribution in [0.1, 0.15) is 17.5 Å². The second-order valence-electron chi connectivity index (χ2n) is 5.73. The third-order valence-corrected chi connectivity index (χ3v) is 4.50. The SMILES string of the molecule is CC1=CC=C(Nc2nnc(C(F)(F)F)s2)N(c2cccc(C(F)(F)F)c2)C1. The number of hydrogen-bond acceptors (Lipinski definition) is 5. The quantitative estimate of drug-likeness (QED) is 0.703. The molecule has 4 nitrogen and oxygen atoms in total. The number of hydrogen-bond donors (Lipinski definition) is 1. The van der Waals surface area contributed by atoms with E-state index in [0.29, 0.717) is 17.2 Å². The fraction of sp³-hybridized carbons (Fsp3) is 0.250. The van der Waals surface area contributed by atoms with E-state index in [1.807, 2.05) is 0 Å². The van der Waals surface area contributed by atoms with Crippen molar-refractivity contribution in [2.45, 2.75) is 19.3 Å². The minimum absolute atomic E-state index is 0.112. The Morgan fingerprint density at radius 1 is 1.04 bits per heavy atom. The van der Waals surface area contributed by atoms with E-state index in [0.717, 1.165) is 17.7 Å². The van der Waals surface area contributed by atoms with Crippen LogP contribution in [0.25, 0.3) is 0 Å². The predicted octanol–water partition coefficient (Wildman–Crippen LogP) is 5.30. The van der Waals surface area contributed by atoms with Crippen molar-refractivity contribution in [3.63, 3.8) is 0 Å². The van der Waals surface area contributed by atoms with Crippen LogP contribution in [-0.4, -0.2) is 16.7 Å². The van der Waals surface area contributed by atoms with Gasteiger partial charge >= 0.3 is 12.4 Å². The van der Waals surface area contributed by atoms with Gasteiger partial charge in [0.1, 0.15) is 5.82 Å². The lowest BCUT2D eigenvalue weighted by atomic mass is 10.1. The number of nitrogens with one attached hydrogen (secondary N) is 1. The molecule has 2 aromatic rings. The molecule has 0 spiro atoms. The van der Waals surface area contributed by atoms with Crippen molar-refractivity contribution < 1.29 is 26.3 Å². The summed E-state index contributed by atoms with van der Waals surface area (Å²) >= 11 is 0.312. The first-order chi connectivity index (χ1) is 12.5. The number of allylic oxidation sites excluding steroid dienone is 2. The van der Waals surface area contributed by atoms with E-state index in [2.05, 4.69) is 15.5 Å². The Hall–Kier alpha value is -2.56. The van der Waals surface area contributed by atoms with Gasteiger partial charge in [0.2, 0.25) is 10.1 Å². The summed E-state index contributed by atoms with van der Waals surface area (Å²) in [5, 5.41) is 8.02. The van der Waals surface area contributed by atoms with Gasteiger partial charge < -0.3 is 10.2 Å². The van der Waals surface area contributed by atoms with Crippen molar-refractivity contribution in [3.05, 3.63) is 58.4 Å². The van der Waals surface area contributed by atoms with Gasteiger partial charge in [-0.25, -0.2) is 0 Å². The van der Waals surface area contributed by atoms with Crippen LogP contribution >= 0.6 is 11.3 Å². The first-order valence-electron chi connectivity index (χ1n) is 7.54. The van der Waals surface area contributed by atoms with Crippen LogP contribution < -0.4 is 10.2 Å². The van der Waals surface area contributed by atoms with E-state index in [1.165, 1.54) is 17.0 Å². The summed E-state index contributed by atoms with van der Waals surface area (Å²) in [6.45, 7) is 2.06. The molecule has 0 bridgehead atoms. The Morgan fingerprint density at radius 2 is 1.78 bits per heavy atom.